The van der Waals surface area contributed by atoms with Gasteiger partial charge in [-0.05, 0) is 30.3 Å². The number of rotatable bonds is 3. The lowest BCUT2D eigenvalue weighted by Gasteiger charge is -2.13. The highest BCUT2D eigenvalue weighted by Crippen LogP contribution is 2.41. The van der Waals surface area contributed by atoms with Crippen molar-refractivity contribution in [1.29, 1.82) is 0 Å². The Balaban J connectivity index is 2.26. The summed E-state index contributed by atoms with van der Waals surface area (Å²) in [6.07, 6.45) is 1.35. The Labute approximate surface area is 184 Å². The molecule has 0 aliphatic carbocycles. The van der Waals surface area contributed by atoms with Crippen LogP contribution in [-0.2, 0) is 0 Å². The standard InChI is InChI=1S/C18H7Cl6NO2/c19-7-1-11(21)16(12(22)2-7)10-6-25-15(5-9(10)18(26)27)17-13(23)3-8(20)4-14(17)24/h1-6H,(H,26,27). The first-order valence-electron chi connectivity index (χ1n) is 7.22. The van der Waals surface area contributed by atoms with E-state index >= 15 is 0 Å². The Kier molecular flexibility index (Phi) is 6.11. The van der Waals surface area contributed by atoms with E-state index in [0.29, 0.717) is 21.2 Å². The molecular formula is C18H7Cl6NO2. The zero-order valence-electron chi connectivity index (χ0n) is 13.0. The number of hydrogen-bond acceptors (Lipinski definition) is 2. The number of aromatic carboxylic acids is 1. The first-order chi connectivity index (χ1) is 12.7. The minimum atomic E-state index is -1.20. The molecular weight excluding hydrogens is 475 g/mol. The minimum Gasteiger partial charge on any atom is -0.478 e. The second kappa shape index (κ2) is 8.04. The minimum absolute atomic E-state index is 0.0757. The normalized spacial score (nSPS) is 10.9. The average molecular weight is 482 g/mol. The van der Waals surface area contributed by atoms with Gasteiger partial charge in [-0.25, -0.2) is 4.79 Å². The number of hydrogen-bond donors (Lipinski definition) is 1. The number of carbonyl (C=O) groups is 1. The Morgan fingerprint density at radius 2 is 1.19 bits per heavy atom. The highest BCUT2D eigenvalue weighted by molar-refractivity contribution is 6.43. The fourth-order valence-electron chi connectivity index (χ4n) is 2.55. The summed E-state index contributed by atoms with van der Waals surface area (Å²) in [5, 5.41) is 11.3. The van der Waals surface area contributed by atoms with E-state index in [1.165, 1.54) is 36.5 Å². The highest BCUT2D eigenvalue weighted by atomic mass is 35.5. The van der Waals surface area contributed by atoms with Gasteiger partial charge >= 0.3 is 5.97 Å². The van der Waals surface area contributed by atoms with Crippen LogP contribution in [0.15, 0.2) is 36.5 Å². The maximum Gasteiger partial charge on any atom is 0.336 e. The van der Waals surface area contributed by atoms with Crippen molar-refractivity contribution >= 4 is 75.6 Å². The zero-order valence-corrected chi connectivity index (χ0v) is 17.6. The molecule has 3 rings (SSSR count). The highest BCUT2D eigenvalue weighted by Gasteiger charge is 2.21. The molecule has 1 aromatic heterocycles. The molecule has 1 N–H and O–H groups in total. The molecule has 0 saturated carbocycles. The average Bonchev–Trinajstić information content (AvgIpc) is 2.53. The van der Waals surface area contributed by atoms with Crippen LogP contribution in [0.5, 0.6) is 0 Å². The number of carboxylic acid groups (broad SMARTS) is 1. The number of aromatic nitrogens is 1. The third-order valence-corrected chi connectivity index (χ3v) is 5.30. The Morgan fingerprint density at radius 1 is 0.741 bits per heavy atom. The molecule has 0 radical (unpaired) electrons. The van der Waals surface area contributed by atoms with Crippen LogP contribution in [0.2, 0.25) is 30.1 Å². The van der Waals surface area contributed by atoms with Crippen LogP contribution in [0.25, 0.3) is 22.4 Å². The second-order valence-corrected chi connectivity index (χ2v) is 7.91. The molecule has 1 heterocycles. The number of halogens is 6. The van der Waals surface area contributed by atoms with Gasteiger partial charge in [-0.1, -0.05) is 69.6 Å². The molecule has 27 heavy (non-hydrogen) atoms. The summed E-state index contributed by atoms with van der Waals surface area (Å²) >= 11 is 36.7. The van der Waals surface area contributed by atoms with Crippen LogP contribution in [0.1, 0.15) is 10.4 Å². The van der Waals surface area contributed by atoms with Gasteiger partial charge in [0.15, 0.2) is 0 Å². The summed E-state index contributed by atoms with van der Waals surface area (Å²) < 4.78 is 0. The molecule has 0 spiro atoms. The Hall–Kier alpha value is -1.20. The summed E-state index contributed by atoms with van der Waals surface area (Å²) in [4.78, 5) is 16.2. The number of pyridine rings is 1. The SMILES string of the molecule is O=C(O)c1cc(-c2c(Cl)cc(Cl)cc2Cl)ncc1-c1c(Cl)cc(Cl)cc1Cl. The van der Waals surface area contributed by atoms with Crippen molar-refractivity contribution < 1.29 is 9.90 Å². The van der Waals surface area contributed by atoms with Gasteiger partial charge in [0.25, 0.3) is 0 Å². The van der Waals surface area contributed by atoms with Gasteiger partial charge in [0, 0.05) is 32.9 Å². The molecule has 0 atom stereocenters. The van der Waals surface area contributed by atoms with Gasteiger partial charge in [0.1, 0.15) is 0 Å². The van der Waals surface area contributed by atoms with E-state index < -0.39 is 5.97 Å². The van der Waals surface area contributed by atoms with Gasteiger partial charge < -0.3 is 5.11 Å². The fraction of sp³-hybridized carbons (Fsp3) is 0. The van der Waals surface area contributed by atoms with Crippen molar-refractivity contribution in [3.63, 3.8) is 0 Å². The third kappa shape index (κ3) is 4.14. The quantitative estimate of drug-likeness (QED) is 0.412. The van der Waals surface area contributed by atoms with Gasteiger partial charge in [-0.3, -0.25) is 4.98 Å². The number of benzene rings is 2. The van der Waals surface area contributed by atoms with Crippen molar-refractivity contribution in [2.24, 2.45) is 0 Å². The summed E-state index contributed by atoms with van der Waals surface area (Å²) in [6, 6.07) is 7.27. The molecule has 3 nitrogen and oxygen atoms in total. The van der Waals surface area contributed by atoms with Crippen LogP contribution >= 0.6 is 69.6 Å². The lowest BCUT2D eigenvalue weighted by molar-refractivity contribution is 0.0697. The van der Waals surface area contributed by atoms with Crippen molar-refractivity contribution in [2.75, 3.05) is 0 Å². The predicted octanol–water partition coefficient (Wildman–Crippen LogP) is 8.03. The van der Waals surface area contributed by atoms with E-state index in [1.54, 1.807) is 0 Å². The topological polar surface area (TPSA) is 50.2 Å². The number of nitrogens with zero attached hydrogens (tertiary/aromatic N) is 1. The van der Waals surface area contributed by atoms with Crippen molar-refractivity contribution in [1.82, 2.24) is 4.98 Å². The maximum absolute atomic E-state index is 11.9. The molecule has 0 fully saturated rings. The first kappa shape index (κ1) is 20.5. The lowest BCUT2D eigenvalue weighted by Crippen LogP contribution is -2.03. The Morgan fingerprint density at radius 3 is 1.63 bits per heavy atom. The van der Waals surface area contributed by atoms with Crippen LogP contribution in [-0.4, -0.2) is 16.1 Å². The van der Waals surface area contributed by atoms with Gasteiger partial charge in [0.2, 0.25) is 0 Å². The summed E-state index contributed by atoms with van der Waals surface area (Å²) in [7, 11) is 0. The van der Waals surface area contributed by atoms with E-state index in [0.717, 1.165) is 0 Å². The van der Waals surface area contributed by atoms with Crippen molar-refractivity contribution in [3.05, 3.63) is 72.2 Å². The number of carboxylic acids is 1. The van der Waals surface area contributed by atoms with Crippen LogP contribution in [0.4, 0.5) is 0 Å². The maximum atomic E-state index is 11.9. The molecule has 0 aliphatic heterocycles. The summed E-state index contributed by atoms with van der Waals surface area (Å²) in [5.74, 6) is -1.20. The second-order valence-electron chi connectivity index (χ2n) is 5.41. The summed E-state index contributed by atoms with van der Waals surface area (Å²) in [5.41, 5.74) is 1.11. The van der Waals surface area contributed by atoms with E-state index in [1.807, 2.05) is 0 Å². The van der Waals surface area contributed by atoms with Crippen LogP contribution < -0.4 is 0 Å². The van der Waals surface area contributed by atoms with E-state index in [2.05, 4.69) is 4.98 Å². The molecule has 0 unspecified atom stereocenters. The van der Waals surface area contributed by atoms with E-state index in [4.69, 9.17) is 69.6 Å². The molecule has 3 aromatic rings. The van der Waals surface area contributed by atoms with Gasteiger partial charge in [0.05, 0.1) is 31.3 Å². The smallest absolute Gasteiger partial charge is 0.336 e. The Bertz CT molecular complexity index is 1040. The van der Waals surface area contributed by atoms with Crippen LogP contribution in [0.3, 0.4) is 0 Å². The molecule has 0 saturated heterocycles. The molecule has 2 aromatic carbocycles. The predicted molar refractivity (Wildman–Crippen MR) is 112 cm³/mol. The molecule has 0 aliphatic rings. The fourth-order valence-corrected chi connectivity index (χ4v) is 4.59. The summed E-state index contributed by atoms with van der Waals surface area (Å²) in [6.45, 7) is 0. The zero-order chi connectivity index (χ0) is 19.9. The molecule has 0 bridgehead atoms. The van der Waals surface area contributed by atoms with E-state index in [-0.39, 0.29) is 36.9 Å². The van der Waals surface area contributed by atoms with Gasteiger partial charge in [-0.15, -0.1) is 0 Å². The molecule has 138 valence electrons. The largest absolute Gasteiger partial charge is 0.478 e. The molecule has 0 amide bonds. The molecule has 9 heteroatoms. The lowest BCUT2D eigenvalue weighted by atomic mass is 9.99. The van der Waals surface area contributed by atoms with Gasteiger partial charge in [-0.2, -0.15) is 0 Å². The van der Waals surface area contributed by atoms with Crippen molar-refractivity contribution in [2.45, 2.75) is 0 Å². The van der Waals surface area contributed by atoms with E-state index in [9.17, 15) is 9.90 Å². The first-order valence-corrected chi connectivity index (χ1v) is 9.49. The third-order valence-electron chi connectivity index (χ3n) is 3.67. The monoisotopic (exact) mass is 479 g/mol. The van der Waals surface area contributed by atoms with Crippen molar-refractivity contribution in [3.8, 4) is 22.4 Å². The van der Waals surface area contributed by atoms with Crippen LogP contribution in [0, 0.1) is 0 Å².